The standard InChI is InChI=1S/C38H46O9/c1-6-8-9-10-11-24-43-33-20-16-30(17-21-33)29-12-14-31(15-13-29)38(42)47-34-22-18-32(19-23-34)37(41)46-28(5)36(40)45-27(4)35(39)44-25-26(3)7-2/h12-23,26-28H,6-11,24-25H2,1-5H3/t26-,27-,28-/m0/s1/i20D,21D. The van der Waals surface area contributed by atoms with Crippen LogP contribution in [0.3, 0.4) is 0 Å². The molecule has 0 saturated carbocycles. The molecule has 47 heavy (non-hydrogen) atoms. The Morgan fingerprint density at radius 1 is 0.660 bits per heavy atom. The van der Waals surface area contributed by atoms with Gasteiger partial charge in [0.2, 0.25) is 0 Å². The van der Waals surface area contributed by atoms with Crippen molar-refractivity contribution in [3.05, 3.63) is 83.9 Å². The van der Waals surface area contributed by atoms with Crippen LogP contribution in [0.25, 0.3) is 11.1 Å². The van der Waals surface area contributed by atoms with Crippen LogP contribution in [-0.2, 0) is 23.8 Å². The summed E-state index contributed by atoms with van der Waals surface area (Å²) < 4.78 is 43.3. The Hall–Kier alpha value is -4.66. The van der Waals surface area contributed by atoms with Crippen LogP contribution in [0.1, 0.15) is 96.6 Å². The summed E-state index contributed by atoms with van der Waals surface area (Å²) in [5, 5.41) is 0. The zero-order valence-corrected chi connectivity index (χ0v) is 27.8. The van der Waals surface area contributed by atoms with E-state index in [9.17, 15) is 19.2 Å². The lowest BCUT2D eigenvalue weighted by molar-refractivity contribution is -0.172. The fourth-order valence-electron chi connectivity index (χ4n) is 4.18. The van der Waals surface area contributed by atoms with Crippen LogP contribution in [0.5, 0.6) is 11.5 Å². The number of esters is 4. The van der Waals surface area contributed by atoms with E-state index in [1.165, 1.54) is 44.5 Å². The summed E-state index contributed by atoms with van der Waals surface area (Å²) in [4.78, 5) is 49.8. The smallest absolute Gasteiger partial charge is 0.348 e. The summed E-state index contributed by atoms with van der Waals surface area (Å²) in [6.07, 6.45) is 3.83. The fraction of sp³-hybridized carbons (Fsp3) is 0.421. The van der Waals surface area contributed by atoms with Crippen molar-refractivity contribution < 1.29 is 45.6 Å². The van der Waals surface area contributed by atoms with Crippen molar-refractivity contribution in [3.63, 3.8) is 0 Å². The van der Waals surface area contributed by atoms with Crippen LogP contribution in [-0.4, -0.2) is 49.3 Å². The largest absolute Gasteiger partial charge is 0.494 e. The molecule has 0 amide bonds. The minimum absolute atomic E-state index is 0.107. The van der Waals surface area contributed by atoms with Crippen molar-refractivity contribution in [2.45, 2.75) is 85.4 Å². The molecule has 9 heteroatoms. The molecule has 0 aliphatic rings. The van der Waals surface area contributed by atoms with Crippen molar-refractivity contribution in [2.75, 3.05) is 13.2 Å². The zero-order chi connectivity index (χ0) is 35.9. The van der Waals surface area contributed by atoms with Crippen LogP contribution in [0.4, 0.5) is 0 Å². The molecule has 3 aromatic rings. The second-order valence-corrected chi connectivity index (χ2v) is 11.4. The van der Waals surface area contributed by atoms with E-state index >= 15 is 0 Å². The van der Waals surface area contributed by atoms with Crippen molar-refractivity contribution in [1.29, 1.82) is 0 Å². The van der Waals surface area contributed by atoms with E-state index in [1.807, 2.05) is 13.8 Å². The first kappa shape index (κ1) is 33.7. The van der Waals surface area contributed by atoms with Gasteiger partial charge in [0.15, 0.2) is 12.2 Å². The molecule has 3 rings (SSSR count). The van der Waals surface area contributed by atoms with Gasteiger partial charge in [0.05, 0.1) is 27.1 Å². The van der Waals surface area contributed by atoms with Gasteiger partial charge in [0, 0.05) is 0 Å². The van der Waals surface area contributed by atoms with Crippen LogP contribution in [0.2, 0.25) is 0 Å². The van der Waals surface area contributed by atoms with Gasteiger partial charge in [0.1, 0.15) is 11.5 Å². The predicted octanol–water partition coefficient (Wildman–Crippen LogP) is 7.99. The molecule has 0 aliphatic carbocycles. The molecule has 0 saturated heterocycles. The Morgan fingerprint density at radius 3 is 1.87 bits per heavy atom. The summed E-state index contributed by atoms with van der Waals surface area (Å²) in [5.41, 5.74) is 1.76. The molecule has 0 aliphatic heterocycles. The normalized spacial score (nSPS) is 13.3. The van der Waals surface area contributed by atoms with Gasteiger partial charge in [-0.15, -0.1) is 0 Å². The summed E-state index contributed by atoms with van der Waals surface area (Å²) in [6.45, 7) is 9.46. The molecule has 0 radical (unpaired) electrons. The molecule has 3 atom stereocenters. The number of hydrogen-bond donors (Lipinski definition) is 0. The molecule has 0 fully saturated rings. The first-order valence-electron chi connectivity index (χ1n) is 17.2. The highest BCUT2D eigenvalue weighted by molar-refractivity contribution is 5.93. The molecule has 3 aromatic carbocycles. The second-order valence-electron chi connectivity index (χ2n) is 11.4. The molecule has 0 bridgehead atoms. The molecule has 9 nitrogen and oxygen atoms in total. The van der Waals surface area contributed by atoms with Crippen molar-refractivity contribution >= 4 is 23.9 Å². The monoisotopic (exact) mass is 648 g/mol. The number of carbonyl (C=O) groups excluding carboxylic acids is 4. The maximum atomic E-state index is 12.8. The summed E-state index contributed by atoms with van der Waals surface area (Å²) >= 11 is 0. The van der Waals surface area contributed by atoms with Gasteiger partial charge in [-0.05, 0) is 85.8 Å². The maximum Gasteiger partial charge on any atom is 0.348 e. The highest BCUT2D eigenvalue weighted by atomic mass is 16.6. The first-order valence-corrected chi connectivity index (χ1v) is 16.2. The number of hydrogen-bond acceptors (Lipinski definition) is 9. The van der Waals surface area contributed by atoms with Crippen molar-refractivity contribution in [3.8, 4) is 22.6 Å². The number of unbranched alkanes of at least 4 members (excludes halogenated alkanes) is 4. The van der Waals surface area contributed by atoms with Gasteiger partial charge in [-0.25, -0.2) is 19.2 Å². The third kappa shape index (κ3) is 12.2. The Morgan fingerprint density at radius 2 is 1.23 bits per heavy atom. The topological polar surface area (TPSA) is 114 Å². The Labute approximate surface area is 280 Å². The van der Waals surface area contributed by atoms with E-state index in [2.05, 4.69) is 6.92 Å². The molecule has 0 heterocycles. The van der Waals surface area contributed by atoms with Gasteiger partial charge in [-0.2, -0.15) is 0 Å². The average Bonchev–Trinajstić information content (AvgIpc) is 3.09. The Kier molecular flexibility index (Phi) is 13.7. The average molecular weight is 649 g/mol. The van der Waals surface area contributed by atoms with Gasteiger partial charge < -0.3 is 23.7 Å². The summed E-state index contributed by atoms with van der Waals surface area (Å²) in [6, 6.07) is 15.7. The highest BCUT2D eigenvalue weighted by Gasteiger charge is 2.26. The third-order valence-electron chi connectivity index (χ3n) is 7.41. The van der Waals surface area contributed by atoms with E-state index in [4.69, 9.17) is 26.4 Å². The third-order valence-corrected chi connectivity index (χ3v) is 7.41. The van der Waals surface area contributed by atoms with E-state index in [1.54, 1.807) is 36.4 Å². The van der Waals surface area contributed by atoms with Crippen molar-refractivity contribution in [2.24, 2.45) is 5.92 Å². The van der Waals surface area contributed by atoms with Gasteiger partial charge in [-0.1, -0.05) is 77.1 Å². The Balaban J connectivity index is 1.51. The fourth-order valence-corrected chi connectivity index (χ4v) is 4.18. The molecule has 0 spiro atoms. The van der Waals surface area contributed by atoms with Crippen LogP contribution in [0.15, 0.2) is 72.7 Å². The SMILES string of the molecule is [2H]c1cc(-c2ccc(C(=O)Oc3ccc(C(=O)O[C@@H](C)C(=O)O[C@@H](C)C(=O)OC[C@@H](C)CC)cc3)cc2)cc([2H])c1OCCCCCCC. The molecule has 0 unspecified atom stereocenters. The van der Waals surface area contributed by atoms with Gasteiger partial charge >= 0.3 is 23.9 Å². The summed E-state index contributed by atoms with van der Waals surface area (Å²) in [7, 11) is 0. The van der Waals surface area contributed by atoms with E-state index < -0.39 is 36.1 Å². The lowest BCUT2D eigenvalue weighted by Gasteiger charge is -2.17. The van der Waals surface area contributed by atoms with Crippen molar-refractivity contribution in [1.82, 2.24) is 0 Å². The highest BCUT2D eigenvalue weighted by Crippen LogP contribution is 2.24. The predicted molar refractivity (Wildman–Crippen MR) is 178 cm³/mol. The lowest BCUT2D eigenvalue weighted by atomic mass is 10.0. The van der Waals surface area contributed by atoms with E-state index in [0.717, 1.165) is 37.7 Å². The summed E-state index contributed by atoms with van der Waals surface area (Å²) in [5.74, 6) is -2.39. The minimum Gasteiger partial charge on any atom is -0.494 e. The maximum absolute atomic E-state index is 12.8. The molecular formula is C38H46O9. The van der Waals surface area contributed by atoms with E-state index in [0.29, 0.717) is 12.2 Å². The van der Waals surface area contributed by atoms with Gasteiger partial charge in [-0.3, -0.25) is 0 Å². The zero-order valence-electron chi connectivity index (χ0n) is 29.8. The number of ether oxygens (including phenoxy) is 5. The Bertz CT molecular complexity index is 1530. The molecule has 0 aromatic heterocycles. The van der Waals surface area contributed by atoms with Crippen LogP contribution >= 0.6 is 0 Å². The lowest BCUT2D eigenvalue weighted by Crippen LogP contribution is -2.33. The van der Waals surface area contributed by atoms with Gasteiger partial charge in [0.25, 0.3) is 0 Å². The van der Waals surface area contributed by atoms with Crippen LogP contribution < -0.4 is 9.47 Å². The number of rotatable bonds is 18. The first-order chi connectivity index (χ1) is 23.4. The quantitative estimate of drug-likeness (QED) is 0.0586. The number of benzene rings is 3. The number of carbonyl (C=O) groups is 4. The second kappa shape index (κ2) is 19.1. The van der Waals surface area contributed by atoms with E-state index in [-0.39, 0.29) is 47.2 Å². The molecular weight excluding hydrogens is 600 g/mol. The molecule has 0 N–H and O–H groups in total. The minimum atomic E-state index is -1.28. The molecule has 252 valence electrons. The van der Waals surface area contributed by atoms with Crippen LogP contribution in [0, 0.1) is 5.92 Å².